The summed E-state index contributed by atoms with van der Waals surface area (Å²) in [5, 5.41) is 33.9. The van der Waals surface area contributed by atoms with Gasteiger partial charge in [-0.05, 0) is 96.5 Å². The van der Waals surface area contributed by atoms with Crippen LogP contribution in [0.4, 0.5) is 0 Å². The van der Waals surface area contributed by atoms with E-state index in [4.69, 9.17) is 40.0 Å². The van der Waals surface area contributed by atoms with Crippen LogP contribution in [-0.4, -0.2) is 0 Å². The molecule has 0 aliphatic heterocycles. The molecular formula is C32H24N4O4. The largest absolute Gasteiger partial charge is 0.388 e. The normalized spacial score (nSPS) is 9.35. The number of rotatable bonds is 8. The quantitative estimate of drug-likeness (QED) is 0.233. The minimum Gasteiger partial charge on any atom is -0.388 e. The first-order valence-corrected chi connectivity index (χ1v) is 12.1. The Morgan fingerprint density at radius 2 is 0.775 bits per heavy atom. The summed E-state index contributed by atoms with van der Waals surface area (Å²) in [5.41, 5.74) is 6.33. The van der Waals surface area contributed by atoms with E-state index >= 15 is 0 Å². The highest BCUT2D eigenvalue weighted by Crippen LogP contribution is 2.24. The van der Waals surface area contributed by atoms with Gasteiger partial charge in [-0.3, -0.25) is 0 Å². The van der Waals surface area contributed by atoms with Crippen molar-refractivity contribution in [1.29, 1.82) is 21.0 Å². The van der Waals surface area contributed by atoms with Crippen molar-refractivity contribution in [3.05, 3.63) is 118 Å². The lowest BCUT2D eigenvalue weighted by Gasteiger charge is -2.08. The van der Waals surface area contributed by atoms with Crippen LogP contribution in [0, 0.1) is 59.9 Å². The van der Waals surface area contributed by atoms with E-state index in [9.17, 15) is 0 Å². The van der Waals surface area contributed by atoms with Gasteiger partial charge in [-0.25, -0.2) is 0 Å². The van der Waals surface area contributed by atoms with Gasteiger partial charge in [-0.15, -0.1) is 21.0 Å². The molecule has 4 aromatic carbocycles. The van der Waals surface area contributed by atoms with Crippen LogP contribution in [0.5, 0.6) is 23.0 Å². The molecule has 0 aromatic heterocycles. The second-order valence-corrected chi connectivity index (χ2v) is 8.61. The molecule has 0 amide bonds. The number of hydrogen-bond donors (Lipinski definition) is 0. The van der Waals surface area contributed by atoms with Gasteiger partial charge in [-0.1, -0.05) is 48.5 Å². The van der Waals surface area contributed by atoms with E-state index in [1.54, 1.807) is 61.4 Å². The highest BCUT2D eigenvalue weighted by atomic mass is 16.5. The average molecular weight is 529 g/mol. The highest BCUT2D eigenvalue weighted by molar-refractivity contribution is 5.42. The molecule has 0 saturated heterocycles. The van der Waals surface area contributed by atoms with Crippen LogP contribution in [0.2, 0.25) is 0 Å². The van der Waals surface area contributed by atoms with Crippen LogP contribution in [0.15, 0.2) is 84.9 Å². The Balaban J connectivity index is 0.000000222. The summed E-state index contributed by atoms with van der Waals surface area (Å²) in [4.78, 5) is 0. The van der Waals surface area contributed by atoms with Gasteiger partial charge in [0.05, 0.1) is 0 Å². The van der Waals surface area contributed by atoms with Crippen LogP contribution in [0.3, 0.4) is 0 Å². The summed E-state index contributed by atoms with van der Waals surface area (Å²) in [6.07, 6.45) is 8.15. The van der Waals surface area contributed by atoms with Gasteiger partial charge < -0.3 is 18.9 Å². The van der Waals surface area contributed by atoms with E-state index in [1.165, 1.54) is 0 Å². The second kappa shape index (κ2) is 14.7. The molecule has 0 radical (unpaired) electrons. The van der Waals surface area contributed by atoms with E-state index in [0.717, 1.165) is 46.2 Å². The molecule has 0 bridgehead atoms. The van der Waals surface area contributed by atoms with E-state index in [2.05, 4.69) is 0 Å². The fourth-order valence-corrected chi connectivity index (χ4v) is 3.90. The molecule has 0 N–H and O–H groups in total. The van der Waals surface area contributed by atoms with Gasteiger partial charge in [0, 0.05) is 0 Å². The van der Waals surface area contributed by atoms with Gasteiger partial charge in [0.2, 0.25) is 0 Å². The number of benzene rings is 4. The van der Waals surface area contributed by atoms with Crippen LogP contribution < -0.4 is 18.9 Å². The Morgan fingerprint density at radius 3 is 1.10 bits per heavy atom. The number of ether oxygens (including phenoxy) is 4. The van der Waals surface area contributed by atoms with Crippen molar-refractivity contribution >= 4 is 0 Å². The Labute approximate surface area is 233 Å². The zero-order valence-corrected chi connectivity index (χ0v) is 21.9. The molecule has 4 rings (SSSR count). The Morgan fingerprint density at radius 1 is 0.450 bits per heavy atom. The van der Waals surface area contributed by atoms with Gasteiger partial charge >= 0.3 is 0 Å². The standard InChI is InChI=1S/C17H14N2O2.C15H10N2O2/c1-12-7-14(3-5-16(12)20-10-18)9-15-4-6-17(21-11-19)13(2)8-15;16-10-18-14-5-1-12(2-6-14)9-13-3-7-15(8-4-13)19-11-17/h3-8H,9H2,1-2H3;1-8H,9H2. The third kappa shape index (κ3) is 8.56. The Bertz CT molecular complexity index is 1480. The molecule has 8 nitrogen and oxygen atoms in total. The smallest absolute Gasteiger partial charge is 0.292 e. The molecule has 0 saturated carbocycles. The first kappa shape index (κ1) is 28.6. The zero-order chi connectivity index (χ0) is 28.7. The predicted octanol–water partition coefficient (Wildman–Crippen LogP) is 6.61. The lowest BCUT2D eigenvalue weighted by molar-refractivity contribution is 0.503. The summed E-state index contributed by atoms with van der Waals surface area (Å²) < 4.78 is 19.1. The van der Waals surface area contributed by atoms with Crippen molar-refractivity contribution in [1.82, 2.24) is 0 Å². The Hall–Kier alpha value is -5.96. The SMILES string of the molecule is Cc1cc(Cc2ccc(OC#N)c(C)c2)ccc1OC#N.N#COc1ccc(Cc2ccc(OC#N)cc2)cc1. The van der Waals surface area contributed by atoms with Gasteiger partial charge in [-0.2, -0.15) is 0 Å². The maximum atomic E-state index is 8.54. The molecule has 0 spiro atoms. The first-order valence-electron chi connectivity index (χ1n) is 12.1. The summed E-state index contributed by atoms with van der Waals surface area (Å²) in [6.45, 7) is 3.82. The maximum Gasteiger partial charge on any atom is 0.292 e. The summed E-state index contributed by atoms with van der Waals surface area (Å²) >= 11 is 0. The lowest BCUT2D eigenvalue weighted by Crippen LogP contribution is -1.94. The van der Waals surface area contributed by atoms with Crippen LogP contribution >= 0.6 is 0 Å². The topological polar surface area (TPSA) is 132 Å². The molecular weight excluding hydrogens is 504 g/mol. The number of hydrogen-bond acceptors (Lipinski definition) is 8. The average Bonchev–Trinajstić information content (AvgIpc) is 2.95. The van der Waals surface area contributed by atoms with Crippen LogP contribution in [-0.2, 0) is 12.8 Å². The van der Waals surface area contributed by atoms with E-state index < -0.39 is 0 Å². The third-order valence-electron chi connectivity index (χ3n) is 5.78. The minimum absolute atomic E-state index is 0.531. The molecule has 0 aliphatic rings. The monoisotopic (exact) mass is 528 g/mol. The molecule has 8 heteroatoms. The fourth-order valence-electron chi connectivity index (χ4n) is 3.90. The van der Waals surface area contributed by atoms with Crippen LogP contribution in [0.1, 0.15) is 33.4 Å². The predicted molar refractivity (Wildman–Crippen MR) is 146 cm³/mol. The van der Waals surface area contributed by atoms with E-state index in [0.29, 0.717) is 23.0 Å². The van der Waals surface area contributed by atoms with Crippen molar-refractivity contribution in [2.24, 2.45) is 0 Å². The van der Waals surface area contributed by atoms with Crippen molar-refractivity contribution in [2.45, 2.75) is 26.7 Å². The molecule has 196 valence electrons. The number of nitriles is 4. The van der Waals surface area contributed by atoms with Crippen LogP contribution in [0.25, 0.3) is 0 Å². The molecule has 0 atom stereocenters. The van der Waals surface area contributed by atoms with E-state index in [-0.39, 0.29) is 0 Å². The fraction of sp³-hybridized carbons (Fsp3) is 0.125. The minimum atomic E-state index is 0.531. The van der Waals surface area contributed by atoms with Gasteiger partial charge in [0.25, 0.3) is 25.0 Å². The maximum absolute atomic E-state index is 8.54. The van der Waals surface area contributed by atoms with Crippen molar-refractivity contribution in [2.75, 3.05) is 0 Å². The van der Waals surface area contributed by atoms with Gasteiger partial charge in [0.1, 0.15) is 23.0 Å². The highest BCUT2D eigenvalue weighted by Gasteiger charge is 2.05. The molecule has 0 heterocycles. The number of nitrogens with zero attached hydrogens (tertiary/aromatic N) is 4. The zero-order valence-electron chi connectivity index (χ0n) is 21.9. The summed E-state index contributed by atoms with van der Waals surface area (Å²) in [7, 11) is 0. The lowest BCUT2D eigenvalue weighted by atomic mass is 10.0. The molecule has 0 aliphatic carbocycles. The Kier molecular flexibility index (Phi) is 10.5. The third-order valence-corrected chi connectivity index (χ3v) is 5.78. The van der Waals surface area contributed by atoms with Gasteiger partial charge in [0.15, 0.2) is 0 Å². The molecule has 0 unspecified atom stereocenters. The van der Waals surface area contributed by atoms with Crippen molar-refractivity contribution in [3.8, 4) is 48.0 Å². The second-order valence-electron chi connectivity index (χ2n) is 8.61. The molecule has 40 heavy (non-hydrogen) atoms. The molecule has 0 fully saturated rings. The first-order chi connectivity index (χ1) is 19.4. The van der Waals surface area contributed by atoms with Crippen molar-refractivity contribution < 1.29 is 18.9 Å². The number of aryl methyl sites for hydroxylation is 2. The molecule has 4 aromatic rings. The van der Waals surface area contributed by atoms with Crippen molar-refractivity contribution in [3.63, 3.8) is 0 Å². The van der Waals surface area contributed by atoms with E-state index in [1.807, 2.05) is 62.4 Å². The summed E-state index contributed by atoms with van der Waals surface area (Å²) in [6, 6.07) is 26.1. The summed E-state index contributed by atoms with van der Waals surface area (Å²) in [5.74, 6) is 2.22.